The van der Waals surface area contributed by atoms with Crippen molar-refractivity contribution < 1.29 is 4.39 Å². The van der Waals surface area contributed by atoms with Gasteiger partial charge in [-0.3, -0.25) is 0 Å². The smallest absolute Gasteiger partial charge is 0.148 e. The maximum atomic E-state index is 13.6. The molecule has 0 aliphatic heterocycles. The third-order valence-electron chi connectivity index (χ3n) is 2.21. The zero-order chi connectivity index (χ0) is 12.4. The Morgan fingerprint density at radius 2 is 2.06 bits per heavy atom. The number of aromatic nitrogens is 2. The molecule has 3 nitrogen and oxygen atoms in total. The highest BCUT2D eigenvalue weighted by molar-refractivity contribution is 8.00. The van der Waals surface area contributed by atoms with Crippen LogP contribution in [-0.4, -0.2) is 15.0 Å². The number of nitrogens with two attached hydrogens (primary N) is 1. The maximum Gasteiger partial charge on any atom is 0.148 e. The third-order valence-corrected chi connectivity index (χ3v) is 3.25. The first-order valence-corrected chi connectivity index (χ1v) is 6.22. The molecule has 0 saturated heterocycles. The summed E-state index contributed by atoms with van der Waals surface area (Å²) in [6, 6.07) is 6.45. The summed E-state index contributed by atoms with van der Waals surface area (Å²) in [5.41, 5.74) is 6.34. The van der Waals surface area contributed by atoms with Crippen molar-refractivity contribution in [2.45, 2.75) is 24.0 Å². The van der Waals surface area contributed by atoms with Crippen molar-refractivity contribution in [1.29, 1.82) is 0 Å². The average Bonchev–Trinajstić information content (AvgIpc) is 2.61. The van der Waals surface area contributed by atoms with Crippen molar-refractivity contribution >= 4 is 17.6 Å². The number of halogens is 1. The van der Waals surface area contributed by atoms with Gasteiger partial charge in [0.05, 0.1) is 11.1 Å². The molecule has 2 rings (SSSR count). The molecule has 1 aromatic heterocycles. The van der Waals surface area contributed by atoms with Gasteiger partial charge in [-0.25, -0.2) is 9.07 Å². The first kappa shape index (κ1) is 12.0. The van der Waals surface area contributed by atoms with Gasteiger partial charge in [-0.1, -0.05) is 26.0 Å². The topological polar surface area (TPSA) is 43.8 Å². The van der Waals surface area contributed by atoms with E-state index in [2.05, 4.69) is 18.9 Å². The molecule has 90 valence electrons. The Balaban J connectivity index is 2.41. The Labute approximate surface area is 104 Å². The van der Waals surface area contributed by atoms with Crippen LogP contribution >= 0.6 is 11.8 Å². The van der Waals surface area contributed by atoms with E-state index in [-0.39, 0.29) is 5.82 Å². The van der Waals surface area contributed by atoms with Gasteiger partial charge in [0.25, 0.3) is 0 Å². The van der Waals surface area contributed by atoms with Crippen molar-refractivity contribution in [2.24, 2.45) is 0 Å². The van der Waals surface area contributed by atoms with Gasteiger partial charge < -0.3 is 5.73 Å². The van der Waals surface area contributed by atoms with Crippen molar-refractivity contribution in [2.75, 3.05) is 5.73 Å². The van der Waals surface area contributed by atoms with Crippen LogP contribution in [0.4, 0.5) is 10.2 Å². The summed E-state index contributed by atoms with van der Waals surface area (Å²) >= 11 is 1.62. The van der Waals surface area contributed by atoms with E-state index in [4.69, 9.17) is 5.73 Å². The number of para-hydroxylation sites is 1. The molecule has 0 aliphatic carbocycles. The molecule has 2 aromatic rings. The highest BCUT2D eigenvalue weighted by atomic mass is 32.2. The lowest BCUT2D eigenvalue weighted by Gasteiger charge is -2.07. The molecule has 1 heterocycles. The van der Waals surface area contributed by atoms with E-state index in [9.17, 15) is 4.39 Å². The molecular formula is C12H14FN3S. The number of anilines is 1. The largest absolute Gasteiger partial charge is 0.383 e. The molecule has 0 amide bonds. The Morgan fingerprint density at radius 3 is 2.71 bits per heavy atom. The van der Waals surface area contributed by atoms with Crippen molar-refractivity contribution in [3.05, 3.63) is 36.3 Å². The molecular weight excluding hydrogens is 237 g/mol. The van der Waals surface area contributed by atoms with E-state index in [0.29, 0.717) is 16.8 Å². The summed E-state index contributed by atoms with van der Waals surface area (Å²) in [5.74, 6) is 0.150. The highest BCUT2D eigenvalue weighted by Gasteiger charge is 2.13. The molecule has 0 atom stereocenters. The number of nitrogen functional groups attached to an aromatic ring is 1. The van der Waals surface area contributed by atoms with E-state index in [1.54, 1.807) is 36.2 Å². The first-order chi connectivity index (χ1) is 8.09. The van der Waals surface area contributed by atoms with E-state index in [0.717, 1.165) is 4.90 Å². The summed E-state index contributed by atoms with van der Waals surface area (Å²) in [7, 11) is 0. The molecule has 17 heavy (non-hydrogen) atoms. The predicted octanol–water partition coefficient (Wildman–Crippen LogP) is 3.09. The molecule has 0 saturated carbocycles. The lowest BCUT2D eigenvalue weighted by molar-refractivity contribution is 0.612. The summed E-state index contributed by atoms with van der Waals surface area (Å²) in [6.45, 7) is 4.15. The fourth-order valence-electron chi connectivity index (χ4n) is 1.50. The molecule has 2 N–H and O–H groups in total. The van der Waals surface area contributed by atoms with Crippen LogP contribution in [0.5, 0.6) is 0 Å². The normalized spacial score (nSPS) is 11.1. The summed E-state index contributed by atoms with van der Waals surface area (Å²) in [6.07, 6.45) is 1.67. The van der Waals surface area contributed by atoms with Crippen LogP contribution in [0.15, 0.2) is 35.4 Å². The first-order valence-electron chi connectivity index (χ1n) is 5.34. The van der Waals surface area contributed by atoms with Gasteiger partial charge in [-0.05, 0) is 12.1 Å². The number of hydrogen-bond donors (Lipinski definition) is 1. The van der Waals surface area contributed by atoms with E-state index < -0.39 is 0 Å². The van der Waals surface area contributed by atoms with Gasteiger partial charge in [0.15, 0.2) is 0 Å². The van der Waals surface area contributed by atoms with E-state index in [1.807, 2.05) is 0 Å². The standard InChI is InChI=1S/C12H14FN3S/c1-8(2)17-11-7-15-16(12(11)14)10-6-4-3-5-9(10)13/h3-8H,14H2,1-2H3. The SMILES string of the molecule is CC(C)Sc1cnn(-c2ccccc2F)c1N. The lowest BCUT2D eigenvalue weighted by Crippen LogP contribution is -2.04. The summed E-state index contributed by atoms with van der Waals surface area (Å²) < 4.78 is 15.0. The van der Waals surface area contributed by atoms with Crippen LogP contribution in [-0.2, 0) is 0 Å². The Bertz CT molecular complexity index is 522. The molecule has 0 bridgehead atoms. The van der Waals surface area contributed by atoms with Gasteiger partial charge >= 0.3 is 0 Å². The number of benzene rings is 1. The van der Waals surface area contributed by atoms with Gasteiger partial charge in [-0.15, -0.1) is 11.8 Å². The molecule has 1 aromatic carbocycles. The zero-order valence-electron chi connectivity index (χ0n) is 9.72. The molecule has 0 spiro atoms. The van der Waals surface area contributed by atoms with E-state index in [1.165, 1.54) is 10.7 Å². The van der Waals surface area contributed by atoms with Crippen molar-refractivity contribution in [3.63, 3.8) is 0 Å². The van der Waals surface area contributed by atoms with Crippen molar-refractivity contribution in [1.82, 2.24) is 9.78 Å². The predicted molar refractivity (Wildman–Crippen MR) is 68.9 cm³/mol. The second-order valence-corrected chi connectivity index (χ2v) is 5.54. The molecule has 0 fully saturated rings. The van der Waals surface area contributed by atoms with Crippen LogP contribution < -0.4 is 5.73 Å². The third kappa shape index (κ3) is 2.44. The molecule has 5 heteroatoms. The second kappa shape index (κ2) is 4.79. The second-order valence-electron chi connectivity index (χ2n) is 3.92. The average molecular weight is 251 g/mol. The van der Waals surface area contributed by atoms with Gasteiger partial charge in [-0.2, -0.15) is 5.10 Å². The minimum Gasteiger partial charge on any atom is -0.383 e. The maximum absolute atomic E-state index is 13.6. The Hall–Kier alpha value is -1.49. The molecule has 0 radical (unpaired) electrons. The number of thioether (sulfide) groups is 1. The van der Waals surface area contributed by atoms with Crippen LogP contribution in [0, 0.1) is 5.82 Å². The molecule has 0 aliphatic rings. The quantitative estimate of drug-likeness (QED) is 0.852. The summed E-state index contributed by atoms with van der Waals surface area (Å²) in [5, 5.41) is 4.54. The lowest BCUT2D eigenvalue weighted by atomic mass is 10.3. The minimum absolute atomic E-state index is 0.330. The van der Waals surface area contributed by atoms with Gasteiger partial charge in [0.2, 0.25) is 0 Å². The number of nitrogens with zero attached hydrogens (tertiary/aromatic N) is 2. The van der Waals surface area contributed by atoms with Gasteiger partial charge in [0.1, 0.15) is 17.3 Å². The Kier molecular flexibility index (Phi) is 3.38. The Morgan fingerprint density at radius 1 is 1.35 bits per heavy atom. The minimum atomic E-state index is -0.330. The van der Waals surface area contributed by atoms with Crippen molar-refractivity contribution in [3.8, 4) is 5.69 Å². The highest BCUT2D eigenvalue weighted by Crippen LogP contribution is 2.30. The van der Waals surface area contributed by atoms with Crippen LogP contribution in [0.2, 0.25) is 0 Å². The van der Waals surface area contributed by atoms with Crippen LogP contribution in [0.3, 0.4) is 0 Å². The fraction of sp³-hybridized carbons (Fsp3) is 0.250. The monoisotopic (exact) mass is 251 g/mol. The van der Waals surface area contributed by atoms with Gasteiger partial charge in [0, 0.05) is 5.25 Å². The summed E-state index contributed by atoms with van der Waals surface area (Å²) in [4.78, 5) is 0.878. The molecule has 0 unspecified atom stereocenters. The van der Waals surface area contributed by atoms with Crippen LogP contribution in [0.1, 0.15) is 13.8 Å². The zero-order valence-corrected chi connectivity index (χ0v) is 10.5. The number of rotatable bonds is 3. The van der Waals surface area contributed by atoms with E-state index >= 15 is 0 Å². The van der Waals surface area contributed by atoms with Crippen LogP contribution in [0.25, 0.3) is 5.69 Å². The fourth-order valence-corrected chi connectivity index (χ4v) is 2.33. The number of hydrogen-bond acceptors (Lipinski definition) is 3.